The first kappa shape index (κ1) is 11.0. The molecule has 11 heavy (non-hydrogen) atoms. The van der Waals surface area contributed by atoms with Gasteiger partial charge in [0.2, 0.25) is 0 Å². The highest BCUT2D eigenvalue weighted by atomic mass is 16.3. The molecule has 0 amide bonds. The van der Waals surface area contributed by atoms with Crippen molar-refractivity contribution in [2.24, 2.45) is 11.3 Å². The highest BCUT2D eigenvalue weighted by Crippen LogP contribution is 2.24. The minimum Gasteiger partial charge on any atom is -0.396 e. The summed E-state index contributed by atoms with van der Waals surface area (Å²) in [6.07, 6.45) is 3.48. The first-order chi connectivity index (χ1) is 4.99. The zero-order valence-corrected chi connectivity index (χ0v) is 8.35. The molecule has 1 atom stereocenters. The molecule has 1 unspecified atom stereocenters. The molecular weight excluding hydrogens is 136 g/mol. The van der Waals surface area contributed by atoms with Gasteiger partial charge in [-0.2, -0.15) is 0 Å². The van der Waals surface area contributed by atoms with E-state index in [9.17, 15) is 0 Å². The Hall–Kier alpha value is -0.0400. The van der Waals surface area contributed by atoms with Crippen molar-refractivity contribution in [3.8, 4) is 0 Å². The second kappa shape index (κ2) is 4.76. The van der Waals surface area contributed by atoms with Gasteiger partial charge in [0.15, 0.2) is 0 Å². The molecule has 0 spiro atoms. The van der Waals surface area contributed by atoms with Crippen LogP contribution in [-0.2, 0) is 0 Å². The summed E-state index contributed by atoms with van der Waals surface area (Å²) in [6.45, 7) is 9.24. The highest BCUT2D eigenvalue weighted by Gasteiger charge is 2.13. The van der Waals surface area contributed by atoms with Crippen LogP contribution in [0.2, 0.25) is 0 Å². The van der Waals surface area contributed by atoms with Crippen LogP contribution in [0.25, 0.3) is 0 Å². The molecule has 0 aliphatic carbocycles. The maximum atomic E-state index is 8.92. The van der Waals surface area contributed by atoms with Crippen LogP contribution in [0.4, 0.5) is 0 Å². The fraction of sp³-hybridized carbons (Fsp3) is 1.00. The predicted molar refractivity (Wildman–Crippen MR) is 49.6 cm³/mol. The molecule has 0 radical (unpaired) electrons. The van der Waals surface area contributed by atoms with Gasteiger partial charge in [0.05, 0.1) is 0 Å². The van der Waals surface area contributed by atoms with Crippen LogP contribution in [0, 0.1) is 11.3 Å². The molecule has 0 aliphatic heterocycles. The lowest BCUT2D eigenvalue weighted by molar-refractivity contribution is 0.197. The van der Waals surface area contributed by atoms with Gasteiger partial charge in [-0.25, -0.2) is 0 Å². The summed E-state index contributed by atoms with van der Waals surface area (Å²) in [6, 6.07) is 0. The van der Waals surface area contributed by atoms with Gasteiger partial charge in [0, 0.05) is 6.61 Å². The minimum atomic E-state index is 0.354. The molecule has 68 valence electrons. The van der Waals surface area contributed by atoms with Crippen molar-refractivity contribution >= 4 is 0 Å². The Morgan fingerprint density at radius 2 is 1.82 bits per heavy atom. The quantitative estimate of drug-likeness (QED) is 0.667. The average Bonchev–Trinajstić information content (AvgIpc) is 1.88. The fourth-order valence-corrected chi connectivity index (χ4v) is 1.06. The van der Waals surface area contributed by atoms with E-state index in [1.165, 1.54) is 6.42 Å². The van der Waals surface area contributed by atoms with E-state index in [-0.39, 0.29) is 0 Å². The van der Waals surface area contributed by atoms with Gasteiger partial charge in [-0.1, -0.05) is 34.1 Å². The molecule has 0 saturated carbocycles. The summed E-state index contributed by atoms with van der Waals surface area (Å²) >= 11 is 0. The molecule has 0 fully saturated rings. The highest BCUT2D eigenvalue weighted by molar-refractivity contribution is 4.64. The Morgan fingerprint density at radius 1 is 1.27 bits per heavy atom. The number of aliphatic hydroxyl groups is 1. The fourth-order valence-electron chi connectivity index (χ4n) is 1.06. The zero-order valence-electron chi connectivity index (χ0n) is 8.35. The van der Waals surface area contributed by atoms with E-state index >= 15 is 0 Å². The Bertz CT molecular complexity index is 87.5. The van der Waals surface area contributed by atoms with E-state index < -0.39 is 0 Å². The van der Waals surface area contributed by atoms with Crippen molar-refractivity contribution in [2.45, 2.75) is 47.0 Å². The molecule has 0 aromatic rings. The van der Waals surface area contributed by atoms with Gasteiger partial charge >= 0.3 is 0 Å². The first-order valence-corrected chi connectivity index (χ1v) is 4.60. The van der Waals surface area contributed by atoms with Crippen molar-refractivity contribution in [3.05, 3.63) is 0 Å². The van der Waals surface area contributed by atoms with Crippen LogP contribution < -0.4 is 0 Å². The van der Waals surface area contributed by atoms with Gasteiger partial charge in [0.1, 0.15) is 0 Å². The second-order valence-corrected chi connectivity index (χ2v) is 4.56. The van der Waals surface area contributed by atoms with Crippen molar-refractivity contribution in [3.63, 3.8) is 0 Å². The Kier molecular flexibility index (Phi) is 4.74. The van der Waals surface area contributed by atoms with E-state index in [2.05, 4.69) is 27.7 Å². The van der Waals surface area contributed by atoms with Crippen LogP contribution in [0.15, 0.2) is 0 Å². The molecule has 0 bridgehead atoms. The van der Waals surface area contributed by atoms with Crippen LogP contribution in [-0.4, -0.2) is 11.7 Å². The van der Waals surface area contributed by atoms with Crippen molar-refractivity contribution in [2.75, 3.05) is 6.61 Å². The molecule has 0 aromatic carbocycles. The standard InChI is InChI=1S/C10H22O/c1-5-9(8-11)6-7-10(2,3)4/h9,11H,5-8H2,1-4H3. The van der Waals surface area contributed by atoms with Crippen LogP contribution in [0.5, 0.6) is 0 Å². The van der Waals surface area contributed by atoms with E-state index in [1.54, 1.807) is 0 Å². The van der Waals surface area contributed by atoms with Gasteiger partial charge in [0.25, 0.3) is 0 Å². The zero-order chi connectivity index (χ0) is 8.91. The molecule has 0 saturated heterocycles. The summed E-state index contributed by atoms with van der Waals surface area (Å²) in [5, 5.41) is 8.92. The third kappa shape index (κ3) is 6.36. The number of aliphatic hydroxyl groups excluding tert-OH is 1. The van der Waals surface area contributed by atoms with E-state index in [0.717, 1.165) is 12.8 Å². The summed E-state index contributed by atoms with van der Waals surface area (Å²) in [7, 11) is 0. The van der Waals surface area contributed by atoms with Crippen LogP contribution >= 0.6 is 0 Å². The lowest BCUT2D eigenvalue weighted by Gasteiger charge is -2.20. The summed E-state index contributed by atoms with van der Waals surface area (Å²) in [4.78, 5) is 0. The maximum absolute atomic E-state index is 8.92. The predicted octanol–water partition coefficient (Wildman–Crippen LogP) is 2.83. The molecular formula is C10H22O. The lowest BCUT2D eigenvalue weighted by Crippen LogP contribution is -2.11. The summed E-state index contributed by atoms with van der Waals surface area (Å²) in [5.41, 5.74) is 0.419. The van der Waals surface area contributed by atoms with Gasteiger partial charge in [-0.3, -0.25) is 0 Å². The molecule has 0 rings (SSSR count). The molecule has 0 aliphatic rings. The Balaban J connectivity index is 3.51. The maximum Gasteiger partial charge on any atom is 0.0459 e. The largest absolute Gasteiger partial charge is 0.396 e. The first-order valence-electron chi connectivity index (χ1n) is 4.60. The number of hydrogen-bond acceptors (Lipinski definition) is 1. The van der Waals surface area contributed by atoms with E-state index in [0.29, 0.717) is 17.9 Å². The topological polar surface area (TPSA) is 20.2 Å². The second-order valence-electron chi connectivity index (χ2n) is 4.56. The number of rotatable bonds is 4. The molecule has 0 aromatic heterocycles. The molecule has 1 nitrogen and oxygen atoms in total. The molecule has 1 heteroatoms. The molecule has 1 N–H and O–H groups in total. The SMILES string of the molecule is CCC(CO)CCC(C)(C)C. The molecule has 0 heterocycles. The monoisotopic (exact) mass is 158 g/mol. The average molecular weight is 158 g/mol. The van der Waals surface area contributed by atoms with Crippen molar-refractivity contribution < 1.29 is 5.11 Å². The van der Waals surface area contributed by atoms with E-state index in [1.807, 2.05) is 0 Å². The van der Waals surface area contributed by atoms with Gasteiger partial charge < -0.3 is 5.11 Å². The van der Waals surface area contributed by atoms with Crippen molar-refractivity contribution in [1.29, 1.82) is 0 Å². The summed E-state index contributed by atoms with van der Waals surface area (Å²) < 4.78 is 0. The number of hydrogen-bond donors (Lipinski definition) is 1. The van der Waals surface area contributed by atoms with Gasteiger partial charge in [-0.15, -0.1) is 0 Å². The van der Waals surface area contributed by atoms with Crippen LogP contribution in [0.3, 0.4) is 0 Å². The Morgan fingerprint density at radius 3 is 2.09 bits per heavy atom. The smallest absolute Gasteiger partial charge is 0.0459 e. The Labute approximate surface area is 70.8 Å². The van der Waals surface area contributed by atoms with Crippen LogP contribution in [0.1, 0.15) is 47.0 Å². The van der Waals surface area contributed by atoms with Gasteiger partial charge in [-0.05, 0) is 24.2 Å². The minimum absolute atomic E-state index is 0.354. The third-order valence-corrected chi connectivity index (χ3v) is 2.14. The third-order valence-electron chi connectivity index (χ3n) is 2.14. The van der Waals surface area contributed by atoms with E-state index in [4.69, 9.17) is 5.11 Å². The lowest BCUT2D eigenvalue weighted by atomic mass is 9.86. The van der Waals surface area contributed by atoms with Crippen molar-refractivity contribution in [1.82, 2.24) is 0 Å². The summed E-state index contributed by atoms with van der Waals surface area (Å²) in [5.74, 6) is 0.522. The normalized spacial score (nSPS) is 15.0.